The van der Waals surface area contributed by atoms with Crippen molar-refractivity contribution in [3.8, 4) is 34.5 Å². The fourth-order valence-electron chi connectivity index (χ4n) is 12.9. The number of carbonyl (C=O) groups is 6. The van der Waals surface area contributed by atoms with Crippen molar-refractivity contribution < 1.29 is 57.9 Å². The number of aryl methyl sites for hydroxylation is 2. The lowest BCUT2D eigenvalue weighted by molar-refractivity contribution is -0.118. The van der Waals surface area contributed by atoms with E-state index in [0.29, 0.717) is 137 Å². The quantitative estimate of drug-likeness (QED) is 0.0169. The number of carbonyl (C=O) groups excluding carboxylic acids is 6. The number of unbranched alkanes of at least 4 members (excludes halogenated alkanes) is 2. The fraction of sp³-hybridized carbons (Fsp3) is 0.214. The molecule has 2 unspecified atom stereocenters. The van der Waals surface area contributed by atoms with Gasteiger partial charge in [-0.25, -0.2) is 0 Å². The first-order valence-electron chi connectivity index (χ1n) is 34.3. The third-order valence-corrected chi connectivity index (χ3v) is 18.6. The van der Waals surface area contributed by atoms with Crippen molar-refractivity contribution in [2.75, 3.05) is 58.5 Å². The number of halogens is 2. The molecule has 0 fully saturated rings. The van der Waals surface area contributed by atoms with Crippen LogP contribution in [0.25, 0.3) is 0 Å². The van der Waals surface area contributed by atoms with Crippen molar-refractivity contribution in [2.24, 2.45) is 0 Å². The molecule has 0 radical (unpaired) electrons. The van der Waals surface area contributed by atoms with Crippen LogP contribution in [0.1, 0.15) is 139 Å². The highest BCUT2D eigenvalue weighted by Crippen LogP contribution is 2.44. The monoisotopic (exact) mass is 1430 g/mol. The topological polar surface area (TPSA) is 234 Å². The summed E-state index contributed by atoms with van der Waals surface area (Å²) in [5.74, 6) is -0.867. The molecule has 1 aliphatic rings. The highest BCUT2D eigenvalue weighted by molar-refractivity contribution is 6.31. The predicted octanol–water partition coefficient (Wildman–Crippen LogP) is 17.3. The summed E-state index contributed by atoms with van der Waals surface area (Å²) in [5.41, 5.74) is 8.24. The Morgan fingerprint density at radius 3 is 1.08 bits per heavy atom. The van der Waals surface area contributed by atoms with Gasteiger partial charge in [0.15, 0.2) is 0 Å². The summed E-state index contributed by atoms with van der Waals surface area (Å²) >= 11 is 13.1. The zero-order valence-electron chi connectivity index (χ0n) is 58.5. The molecule has 10 aromatic carbocycles. The third kappa shape index (κ3) is 17.3. The molecule has 0 aliphatic heterocycles. The molecule has 0 aromatic heterocycles. The number of hydrogen-bond acceptors (Lipinski definition) is 12. The first kappa shape index (κ1) is 73.6. The second-order valence-corrected chi connectivity index (χ2v) is 26.4. The number of aromatic hydroxyl groups is 2. The number of anilines is 6. The van der Waals surface area contributed by atoms with E-state index in [4.69, 9.17) is 42.1 Å². The first-order valence-corrected chi connectivity index (χ1v) is 35.0. The Morgan fingerprint density at radius 2 is 0.779 bits per heavy atom. The standard InChI is InChI=1S/C84H80Cl2N6O12/c1-7-9-33-103-79-61-35-57-41-67(87-49-93)43-59(77(57)95)37-63-47-70(90-82(98)76(54-23-31-74(102-6)32-24-54)92(72-27-19-52(4)20-28-72)84(100)56-14-12-16-66(86)40-56)48-64(80(63)104-34-10-8-2)38-60-44-68(88-50-94)42-58(78(60)96)36-62(79)46-69(45-61)89-81(97)75(53-21-29-73(101-5)30-22-53)91(71-25-17-51(3)18-26-71)83(99)55-13-11-15-65(85)39-55/h11-32,39-50,75-76,95-96H,7-10,33-38H2,1-6H3,(H,87,93)(H,88,94)(H,89,97)(H,90,98). The summed E-state index contributed by atoms with van der Waals surface area (Å²) in [5, 5.41) is 38.7. The normalized spacial score (nSPS) is 12.2. The Balaban J connectivity index is 1.10. The van der Waals surface area contributed by atoms with Crippen molar-refractivity contribution in [3.05, 3.63) is 282 Å². The molecule has 11 rings (SSSR count). The van der Waals surface area contributed by atoms with Gasteiger partial charge in [0.25, 0.3) is 23.6 Å². The van der Waals surface area contributed by atoms with Crippen LogP contribution < -0.4 is 50.0 Å². The van der Waals surface area contributed by atoms with Crippen LogP contribution in [0.3, 0.4) is 0 Å². The van der Waals surface area contributed by atoms with Gasteiger partial charge in [0.1, 0.15) is 46.6 Å². The Hall–Kier alpha value is -11.6. The summed E-state index contributed by atoms with van der Waals surface area (Å²) in [6, 6.07) is 52.0. The summed E-state index contributed by atoms with van der Waals surface area (Å²) in [4.78, 5) is 90.4. The SMILES string of the molecule is CCCCOc1c2cc(NC(=O)C(c3ccc(OC)cc3)N(C(=O)c3cccc(Cl)c3)c3ccc(C)cc3)cc1Cc1cc(NC=O)cc(c1O)Cc1cc(NC(=O)C(c3ccc(OC)cc3)N(C(=O)c3cccc(Cl)c3)c3ccc(C)cc3)cc(c1OCCCC)Cc1cc(NC=O)cc(c1O)C2. The van der Waals surface area contributed by atoms with Crippen molar-refractivity contribution in [2.45, 2.75) is 91.1 Å². The van der Waals surface area contributed by atoms with Gasteiger partial charge in [0, 0.05) is 125 Å². The molecule has 0 saturated heterocycles. The molecule has 0 spiro atoms. The van der Waals surface area contributed by atoms with Crippen molar-refractivity contribution in [1.82, 2.24) is 0 Å². The lowest BCUT2D eigenvalue weighted by atomic mass is 9.90. The molecule has 2 atom stereocenters. The third-order valence-electron chi connectivity index (χ3n) is 18.1. The summed E-state index contributed by atoms with van der Waals surface area (Å²) in [7, 11) is 3.06. The van der Waals surface area contributed by atoms with Crippen LogP contribution in [0.15, 0.2) is 194 Å². The average molecular weight is 1440 g/mol. The van der Waals surface area contributed by atoms with Crippen LogP contribution >= 0.6 is 23.2 Å². The highest BCUT2D eigenvalue weighted by Gasteiger charge is 2.37. The molecule has 6 amide bonds. The summed E-state index contributed by atoms with van der Waals surface area (Å²) < 4.78 is 24.8. The van der Waals surface area contributed by atoms with Gasteiger partial charge in [-0.3, -0.25) is 38.6 Å². The van der Waals surface area contributed by atoms with E-state index in [1.165, 1.54) is 24.0 Å². The van der Waals surface area contributed by atoms with Gasteiger partial charge in [-0.05, 0) is 171 Å². The minimum atomic E-state index is -1.35. The number of nitrogens with zero attached hydrogens (tertiary/aromatic N) is 2. The van der Waals surface area contributed by atoms with Crippen molar-refractivity contribution in [3.63, 3.8) is 0 Å². The van der Waals surface area contributed by atoms with Crippen LogP contribution in [0.4, 0.5) is 34.1 Å². The maximum Gasteiger partial charge on any atom is 0.259 e. The fourth-order valence-corrected chi connectivity index (χ4v) is 13.3. The number of methoxy groups -OCH3 is 2. The minimum Gasteiger partial charge on any atom is -0.507 e. The van der Waals surface area contributed by atoms with Gasteiger partial charge in [-0.1, -0.05) is 122 Å². The molecular weight excluding hydrogens is 1360 g/mol. The maximum atomic E-state index is 15.9. The van der Waals surface area contributed by atoms with Gasteiger partial charge in [-0.15, -0.1) is 0 Å². The maximum absolute atomic E-state index is 15.9. The van der Waals surface area contributed by atoms with Gasteiger partial charge in [-0.2, -0.15) is 0 Å². The zero-order valence-corrected chi connectivity index (χ0v) is 60.0. The molecule has 10 aromatic rings. The molecule has 20 heteroatoms. The molecule has 0 heterocycles. The molecule has 1 aliphatic carbocycles. The van der Waals surface area contributed by atoms with Gasteiger partial charge in [0.2, 0.25) is 12.8 Å². The van der Waals surface area contributed by atoms with Gasteiger partial charge in [0.05, 0.1) is 27.4 Å². The number of ether oxygens (including phenoxy) is 4. The van der Waals surface area contributed by atoms with Crippen molar-refractivity contribution >= 4 is 93.8 Å². The molecule has 6 N–H and O–H groups in total. The zero-order chi connectivity index (χ0) is 73.6. The molecule has 0 saturated carbocycles. The number of amides is 6. The number of nitrogens with one attached hydrogen (secondary N) is 4. The lowest BCUT2D eigenvalue weighted by Gasteiger charge is -2.32. The number of benzene rings is 10. The van der Waals surface area contributed by atoms with E-state index < -0.39 is 35.7 Å². The molecule has 104 heavy (non-hydrogen) atoms. The van der Waals surface area contributed by atoms with Crippen LogP contribution in [-0.4, -0.2) is 74.1 Å². The van der Waals surface area contributed by atoms with E-state index in [9.17, 15) is 19.8 Å². The smallest absolute Gasteiger partial charge is 0.259 e. The largest absolute Gasteiger partial charge is 0.507 e. The summed E-state index contributed by atoms with van der Waals surface area (Å²) in [6.07, 6.45) is 3.53. The van der Waals surface area contributed by atoms with Crippen LogP contribution in [0.5, 0.6) is 34.5 Å². The molecule has 18 nitrogen and oxygen atoms in total. The van der Waals surface area contributed by atoms with E-state index in [0.717, 1.165) is 24.0 Å². The van der Waals surface area contributed by atoms with E-state index in [1.54, 1.807) is 170 Å². The van der Waals surface area contributed by atoms with E-state index in [2.05, 4.69) is 21.3 Å². The molecule has 8 bridgehead atoms. The molecular formula is C84H80Cl2N6O12. The number of phenols is 2. The van der Waals surface area contributed by atoms with Crippen LogP contribution in [-0.2, 0) is 44.9 Å². The summed E-state index contributed by atoms with van der Waals surface area (Å²) in [6.45, 7) is 8.37. The van der Waals surface area contributed by atoms with E-state index in [1.807, 2.05) is 52.0 Å². The van der Waals surface area contributed by atoms with Crippen molar-refractivity contribution in [1.29, 1.82) is 0 Å². The number of hydrogen-bond donors (Lipinski definition) is 6. The minimum absolute atomic E-state index is 0.0840. The first-order chi connectivity index (χ1) is 50.4. The Morgan fingerprint density at radius 1 is 0.452 bits per heavy atom. The number of fused-ring (bicyclic) bond motifs is 8. The Labute approximate surface area is 614 Å². The van der Waals surface area contributed by atoms with E-state index >= 15 is 19.2 Å². The van der Waals surface area contributed by atoms with E-state index in [-0.39, 0.29) is 72.9 Å². The average Bonchev–Trinajstić information content (AvgIpc) is 0.781. The number of rotatable bonds is 26. The molecule has 532 valence electrons. The predicted molar refractivity (Wildman–Crippen MR) is 408 cm³/mol. The van der Waals surface area contributed by atoms with Crippen LogP contribution in [0.2, 0.25) is 10.0 Å². The Kier molecular flexibility index (Phi) is 24.0. The lowest BCUT2D eigenvalue weighted by Crippen LogP contribution is -2.41. The van der Waals surface area contributed by atoms with Crippen LogP contribution in [0, 0.1) is 13.8 Å². The second kappa shape index (κ2) is 33.9. The van der Waals surface area contributed by atoms with Gasteiger partial charge < -0.3 is 50.4 Å². The van der Waals surface area contributed by atoms with Gasteiger partial charge >= 0.3 is 0 Å². The Bertz CT molecular complexity index is 4400. The second-order valence-electron chi connectivity index (χ2n) is 25.5. The highest BCUT2D eigenvalue weighted by atomic mass is 35.5. The number of phenolic OH excluding ortho intramolecular Hbond substituents is 2.